The lowest BCUT2D eigenvalue weighted by atomic mass is 10.2. The van der Waals surface area contributed by atoms with Crippen LogP contribution in [0.4, 0.5) is 5.69 Å². The highest BCUT2D eigenvalue weighted by Crippen LogP contribution is 2.19. The predicted molar refractivity (Wildman–Crippen MR) is 107 cm³/mol. The number of rotatable bonds is 7. The van der Waals surface area contributed by atoms with E-state index < -0.39 is 0 Å². The van der Waals surface area contributed by atoms with Crippen molar-refractivity contribution in [3.8, 4) is 5.75 Å². The van der Waals surface area contributed by atoms with E-state index in [1.807, 2.05) is 18.2 Å². The van der Waals surface area contributed by atoms with Crippen LogP contribution in [0.15, 0.2) is 79.1 Å². The highest BCUT2D eigenvalue weighted by atomic mass is 32.2. The molecule has 0 spiro atoms. The van der Waals surface area contributed by atoms with Gasteiger partial charge in [-0.25, -0.2) is 0 Å². The van der Waals surface area contributed by atoms with Crippen LogP contribution in [-0.4, -0.2) is 22.6 Å². The van der Waals surface area contributed by atoms with Gasteiger partial charge in [0.2, 0.25) is 0 Å². The molecule has 0 saturated heterocycles. The molecule has 0 radical (unpaired) electrons. The van der Waals surface area contributed by atoms with Crippen molar-refractivity contribution in [2.75, 3.05) is 11.1 Å². The molecule has 6 heteroatoms. The Hall–Kier alpha value is -3.12. The molecule has 1 N–H and O–H groups in total. The van der Waals surface area contributed by atoms with Crippen LogP contribution in [0, 0.1) is 0 Å². The number of carbonyl (C=O) groups excluding carboxylic acids is 2. The lowest BCUT2D eigenvalue weighted by molar-refractivity contribution is -0.131. The SMILES string of the molecule is O=C(CSCc1cccnc1)Oc1cccc(NC(=O)c2ccccc2)c1. The number of aromatic nitrogens is 1. The maximum atomic E-state index is 12.2. The van der Waals surface area contributed by atoms with Gasteiger partial charge in [0.1, 0.15) is 5.75 Å². The topological polar surface area (TPSA) is 68.3 Å². The average Bonchev–Trinajstić information content (AvgIpc) is 2.70. The minimum atomic E-state index is -0.338. The van der Waals surface area contributed by atoms with Crippen LogP contribution in [0.2, 0.25) is 0 Å². The van der Waals surface area contributed by atoms with Crippen molar-refractivity contribution in [1.82, 2.24) is 4.98 Å². The third-order valence-corrected chi connectivity index (χ3v) is 4.55. The highest BCUT2D eigenvalue weighted by molar-refractivity contribution is 7.99. The molecule has 1 heterocycles. The number of benzene rings is 2. The van der Waals surface area contributed by atoms with E-state index in [2.05, 4.69) is 10.3 Å². The van der Waals surface area contributed by atoms with Crippen molar-refractivity contribution in [3.05, 3.63) is 90.3 Å². The van der Waals surface area contributed by atoms with E-state index in [4.69, 9.17) is 4.74 Å². The molecule has 5 nitrogen and oxygen atoms in total. The van der Waals surface area contributed by atoms with Gasteiger partial charge in [-0.1, -0.05) is 30.3 Å². The van der Waals surface area contributed by atoms with Crippen molar-refractivity contribution in [1.29, 1.82) is 0 Å². The maximum Gasteiger partial charge on any atom is 0.321 e. The van der Waals surface area contributed by atoms with E-state index in [9.17, 15) is 9.59 Å². The first-order valence-electron chi connectivity index (χ1n) is 8.34. The molecule has 0 aliphatic carbocycles. The third kappa shape index (κ3) is 5.97. The minimum absolute atomic E-state index is 0.217. The highest BCUT2D eigenvalue weighted by Gasteiger charge is 2.08. The fourth-order valence-corrected chi connectivity index (χ4v) is 3.06. The standard InChI is InChI=1S/C21H18N2O3S/c24-20(15-27-14-16-6-5-11-22-13-16)26-19-10-4-9-18(12-19)23-21(25)17-7-2-1-3-8-17/h1-13H,14-15H2,(H,23,25). The average molecular weight is 378 g/mol. The third-order valence-electron chi connectivity index (χ3n) is 3.57. The van der Waals surface area contributed by atoms with E-state index in [-0.39, 0.29) is 17.6 Å². The summed E-state index contributed by atoms with van der Waals surface area (Å²) in [5.74, 6) is 0.764. The number of anilines is 1. The molecule has 1 aromatic heterocycles. The zero-order chi connectivity index (χ0) is 18.9. The summed E-state index contributed by atoms with van der Waals surface area (Å²) in [6, 6.07) is 19.5. The molecule has 0 unspecified atom stereocenters. The van der Waals surface area contributed by atoms with E-state index >= 15 is 0 Å². The minimum Gasteiger partial charge on any atom is -0.426 e. The number of ether oxygens (including phenoxy) is 1. The summed E-state index contributed by atoms with van der Waals surface area (Å²) in [6.45, 7) is 0. The lowest BCUT2D eigenvalue weighted by Gasteiger charge is -2.08. The Morgan fingerprint density at radius 2 is 1.85 bits per heavy atom. The van der Waals surface area contributed by atoms with Crippen molar-refractivity contribution >= 4 is 29.3 Å². The second-order valence-electron chi connectivity index (χ2n) is 5.68. The van der Waals surface area contributed by atoms with Crippen LogP contribution in [-0.2, 0) is 10.5 Å². The van der Waals surface area contributed by atoms with Crippen LogP contribution in [0.5, 0.6) is 5.75 Å². The van der Waals surface area contributed by atoms with Gasteiger partial charge in [-0.05, 0) is 35.9 Å². The zero-order valence-corrected chi connectivity index (χ0v) is 15.3. The molecular formula is C21H18N2O3S. The number of hydrogen-bond donors (Lipinski definition) is 1. The van der Waals surface area contributed by atoms with Gasteiger partial charge in [0.15, 0.2) is 0 Å². The molecular weight excluding hydrogens is 360 g/mol. The van der Waals surface area contributed by atoms with Crippen molar-refractivity contribution in [2.45, 2.75) is 5.75 Å². The summed E-state index contributed by atoms with van der Waals surface area (Å²) in [5, 5.41) is 2.79. The van der Waals surface area contributed by atoms with Gasteiger partial charge in [0.05, 0.1) is 5.75 Å². The summed E-state index contributed by atoms with van der Waals surface area (Å²) in [6.07, 6.45) is 3.49. The summed E-state index contributed by atoms with van der Waals surface area (Å²) in [4.78, 5) is 28.2. The first-order chi connectivity index (χ1) is 13.2. The molecule has 0 atom stereocenters. The van der Waals surface area contributed by atoms with Crippen LogP contribution in [0.1, 0.15) is 15.9 Å². The van der Waals surface area contributed by atoms with Gasteiger partial charge >= 0.3 is 5.97 Å². The predicted octanol–water partition coefficient (Wildman–Crippen LogP) is 4.17. The van der Waals surface area contributed by atoms with Gasteiger partial charge < -0.3 is 10.1 Å². The maximum absolute atomic E-state index is 12.2. The molecule has 0 bridgehead atoms. The number of nitrogens with one attached hydrogen (secondary N) is 1. The molecule has 3 rings (SSSR count). The Morgan fingerprint density at radius 3 is 2.63 bits per heavy atom. The molecule has 3 aromatic rings. The number of pyridine rings is 1. The molecule has 27 heavy (non-hydrogen) atoms. The summed E-state index contributed by atoms with van der Waals surface area (Å²) in [7, 11) is 0. The van der Waals surface area contributed by atoms with Crippen LogP contribution in [0.25, 0.3) is 0 Å². The largest absolute Gasteiger partial charge is 0.426 e. The quantitative estimate of drug-likeness (QED) is 0.494. The molecule has 0 saturated carbocycles. The fourth-order valence-electron chi connectivity index (χ4n) is 2.33. The van der Waals surface area contributed by atoms with E-state index in [0.717, 1.165) is 5.56 Å². The van der Waals surface area contributed by atoms with Crippen molar-refractivity contribution in [3.63, 3.8) is 0 Å². The molecule has 1 amide bonds. The van der Waals surface area contributed by atoms with E-state index in [1.54, 1.807) is 60.9 Å². The van der Waals surface area contributed by atoms with Crippen molar-refractivity contribution < 1.29 is 14.3 Å². The first-order valence-corrected chi connectivity index (χ1v) is 9.50. The van der Waals surface area contributed by atoms with Crippen LogP contribution in [0.3, 0.4) is 0 Å². The summed E-state index contributed by atoms with van der Waals surface area (Å²) in [5.41, 5.74) is 2.18. The second-order valence-corrected chi connectivity index (χ2v) is 6.66. The summed E-state index contributed by atoms with van der Waals surface area (Å²) >= 11 is 1.46. The molecule has 0 aliphatic rings. The zero-order valence-electron chi connectivity index (χ0n) is 14.5. The summed E-state index contributed by atoms with van der Waals surface area (Å²) < 4.78 is 5.35. The van der Waals surface area contributed by atoms with Crippen molar-refractivity contribution in [2.24, 2.45) is 0 Å². The Bertz CT molecular complexity index is 902. The van der Waals surface area contributed by atoms with E-state index in [0.29, 0.717) is 22.8 Å². The lowest BCUT2D eigenvalue weighted by Crippen LogP contribution is -2.13. The number of hydrogen-bond acceptors (Lipinski definition) is 5. The number of carbonyl (C=O) groups is 2. The van der Waals surface area contributed by atoms with Gasteiger partial charge in [-0.2, -0.15) is 0 Å². The Kier molecular flexibility index (Phi) is 6.60. The monoisotopic (exact) mass is 378 g/mol. The molecule has 2 aromatic carbocycles. The van der Waals surface area contributed by atoms with Gasteiger partial charge in [-0.3, -0.25) is 14.6 Å². The molecule has 136 valence electrons. The van der Waals surface area contributed by atoms with Crippen LogP contribution >= 0.6 is 11.8 Å². The molecule has 0 aliphatic heterocycles. The smallest absolute Gasteiger partial charge is 0.321 e. The number of amides is 1. The van der Waals surface area contributed by atoms with Gasteiger partial charge in [0.25, 0.3) is 5.91 Å². The number of thioether (sulfide) groups is 1. The Morgan fingerprint density at radius 1 is 1.00 bits per heavy atom. The van der Waals surface area contributed by atoms with Gasteiger partial charge in [-0.15, -0.1) is 11.8 Å². The fraction of sp³-hybridized carbons (Fsp3) is 0.0952. The first kappa shape index (κ1) is 18.7. The number of nitrogens with zero attached hydrogens (tertiary/aromatic N) is 1. The Balaban J connectivity index is 1.51. The second kappa shape index (κ2) is 9.54. The van der Waals surface area contributed by atoms with E-state index in [1.165, 1.54) is 11.8 Å². The molecule has 0 fully saturated rings. The normalized spacial score (nSPS) is 10.2. The number of esters is 1. The van der Waals surface area contributed by atoms with Crippen LogP contribution < -0.4 is 10.1 Å². The van der Waals surface area contributed by atoms with Gasteiger partial charge in [0, 0.05) is 35.5 Å². The Labute approximate surface area is 161 Å².